The fraction of sp³-hybridized carbons (Fsp3) is 0.240. The smallest absolute Gasteiger partial charge is 0.271 e. The summed E-state index contributed by atoms with van der Waals surface area (Å²) in [4.78, 5) is 15.0. The van der Waals surface area contributed by atoms with Gasteiger partial charge in [0, 0.05) is 10.7 Å². The Morgan fingerprint density at radius 3 is 2.21 bits per heavy atom. The van der Waals surface area contributed by atoms with Crippen LogP contribution in [0.3, 0.4) is 0 Å². The highest BCUT2D eigenvalue weighted by Crippen LogP contribution is 2.42. The van der Waals surface area contributed by atoms with Crippen molar-refractivity contribution in [3.8, 4) is 5.75 Å². The predicted octanol–water partition coefficient (Wildman–Crippen LogP) is 6.11. The number of carbonyl (C=O) groups excluding carboxylic acids is 1. The number of aryl methyl sites for hydroxylation is 4. The third kappa shape index (κ3) is 3.63. The van der Waals surface area contributed by atoms with Crippen molar-refractivity contribution in [2.45, 2.75) is 39.8 Å². The summed E-state index contributed by atoms with van der Waals surface area (Å²) in [5.41, 5.74) is 6.43. The van der Waals surface area contributed by atoms with Gasteiger partial charge in [-0.1, -0.05) is 47.5 Å². The maximum atomic E-state index is 13.2. The molecule has 1 saturated heterocycles. The van der Waals surface area contributed by atoms with Crippen molar-refractivity contribution in [1.29, 1.82) is 0 Å². The normalized spacial score (nSPS) is 18.5. The van der Waals surface area contributed by atoms with E-state index in [1.165, 1.54) is 11.1 Å². The minimum absolute atomic E-state index is 0.0341. The van der Waals surface area contributed by atoms with Crippen molar-refractivity contribution in [1.82, 2.24) is 0 Å². The van der Waals surface area contributed by atoms with Gasteiger partial charge in [-0.2, -0.15) is 0 Å². The summed E-state index contributed by atoms with van der Waals surface area (Å²) >= 11 is 6.07. The molecule has 0 radical (unpaired) electrons. The highest BCUT2D eigenvalue weighted by atomic mass is 35.5. The van der Waals surface area contributed by atoms with Gasteiger partial charge in [0.05, 0.1) is 0 Å². The first-order valence-corrected chi connectivity index (χ1v) is 10.1. The highest BCUT2D eigenvalue weighted by Gasteiger charge is 2.51. The van der Waals surface area contributed by atoms with Gasteiger partial charge >= 0.3 is 0 Å². The lowest BCUT2D eigenvalue weighted by atomic mass is 9.88. The molecule has 29 heavy (non-hydrogen) atoms. The monoisotopic (exact) mass is 405 g/mol. The van der Waals surface area contributed by atoms with E-state index in [0.717, 1.165) is 22.4 Å². The molecule has 0 aromatic heterocycles. The highest BCUT2D eigenvalue weighted by molar-refractivity contribution is 6.30. The molecule has 1 fully saturated rings. The first kappa shape index (κ1) is 19.5. The van der Waals surface area contributed by atoms with Crippen molar-refractivity contribution in [3.63, 3.8) is 0 Å². The first-order chi connectivity index (χ1) is 13.8. The SMILES string of the molecule is Cc1ccc([C@H]2[C@@H](Oc3ccc(Cl)cc3C)C(=O)N2c2ccc(C)c(C)c2)cc1. The van der Waals surface area contributed by atoms with Crippen LogP contribution in [-0.2, 0) is 4.79 Å². The van der Waals surface area contributed by atoms with Crippen molar-refractivity contribution < 1.29 is 9.53 Å². The molecule has 1 aliphatic heterocycles. The van der Waals surface area contributed by atoms with Crippen molar-refractivity contribution in [2.75, 3.05) is 4.90 Å². The molecular formula is C25H24ClNO2. The molecule has 1 aliphatic rings. The van der Waals surface area contributed by atoms with Crippen LogP contribution in [0.25, 0.3) is 0 Å². The Morgan fingerprint density at radius 2 is 1.55 bits per heavy atom. The van der Waals surface area contributed by atoms with E-state index >= 15 is 0 Å². The van der Waals surface area contributed by atoms with Crippen LogP contribution >= 0.6 is 11.6 Å². The van der Waals surface area contributed by atoms with Gasteiger partial charge in [-0.3, -0.25) is 9.69 Å². The summed E-state index contributed by atoms with van der Waals surface area (Å²) in [5, 5.41) is 0.654. The van der Waals surface area contributed by atoms with Crippen LogP contribution in [0.5, 0.6) is 5.75 Å². The number of carbonyl (C=O) groups is 1. The Morgan fingerprint density at radius 1 is 0.828 bits per heavy atom. The average molecular weight is 406 g/mol. The summed E-state index contributed by atoms with van der Waals surface area (Å²) in [5.74, 6) is 0.651. The van der Waals surface area contributed by atoms with Crippen LogP contribution in [0.2, 0.25) is 5.02 Å². The molecule has 4 heteroatoms. The second-order valence-electron chi connectivity index (χ2n) is 7.78. The van der Waals surface area contributed by atoms with Gasteiger partial charge in [0.25, 0.3) is 5.91 Å². The number of halogens is 1. The number of hydrogen-bond donors (Lipinski definition) is 0. The van der Waals surface area contributed by atoms with E-state index in [0.29, 0.717) is 10.8 Å². The standard InChI is InChI=1S/C25H24ClNO2/c1-15-5-8-19(9-6-15)23-24(29-22-12-10-20(26)13-18(22)4)25(28)27(23)21-11-7-16(2)17(3)14-21/h5-14,23-24H,1-4H3/t23-,24+/m0/s1. The van der Waals surface area contributed by atoms with Crippen LogP contribution in [-0.4, -0.2) is 12.0 Å². The summed E-state index contributed by atoms with van der Waals surface area (Å²) in [6.45, 7) is 8.13. The Labute approximate surface area is 176 Å². The van der Waals surface area contributed by atoms with Gasteiger partial charge in [-0.15, -0.1) is 0 Å². The van der Waals surface area contributed by atoms with Crippen LogP contribution in [0.15, 0.2) is 60.7 Å². The van der Waals surface area contributed by atoms with E-state index in [9.17, 15) is 4.79 Å². The zero-order valence-corrected chi connectivity index (χ0v) is 17.8. The van der Waals surface area contributed by atoms with E-state index in [4.69, 9.17) is 16.3 Å². The van der Waals surface area contributed by atoms with E-state index in [1.54, 1.807) is 6.07 Å². The molecule has 3 aromatic carbocycles. The van der Waals surface area contributed by atoms with E-state index < -0.39 is 6.10 Å². The molecule has 0 aliphatic carbocycles. The summed E-state index contributed by atoms with van der Waals surface area (Å²) in [7, 11) is 0. The Kier molecular flexibility index (Phi) is 5.10. The molecule has 0 saturated carbocycles. The maximum Gasteiger partial charge on any atom is 0.271 e. The molecule has 1 amide bonds. The van der Waals surface area contributed by atoms with Crippen LogP contribution < -0.4 is 9.64 Å². The molecule has 0 unspecified atom stereocenters. The predicted molar refractivity (Wildman–Crippen MR) is 118 cm³/mol. The number of amides is 1. The molecule has 0 spiro atoms. The molecule has 148 valence electrons. The van der Waals surface area contributed by atoms with Gasteiger partial charge in [0.2, 0.25) is 6.10 Å². The topological polar surface area (TPSA) is 29.5 Å². The van der Waals surface area contributed by atoms with E-state index in [2.05, 4.69) is 57.2 Å². The Bertz CT molecular complexity index is 1070. The molecule has 4 rings (SSSR count). The zero-order chi connectivity index (χ0) is 20.7. The summed E-state index contributed by atoms with van der Waals surface area (Å²) < 4.78 is 6.20. The van der Waals surface area contributed by atoms with Gasteiger partial charge in [-0.25, -0.2) is 0 Å². The summed E-state index contributed by atoms with van der Waals surface area (Å²) in [6.07, 6.45) is -0.570. The maximum absolute atomic E-state index is 13.2. The zero-order valence-electron chi connectivity index (χ0n) is 17.1. The number of anilines is 1. The lowest BCUT2D eigenvalue weighted by Crippen LogP contribution is -2.61. The van der Waals surface area contributed by atoms with Gasteiger partial charge in [0.15, 0.2) is 0 Å². The van der Waals surface area contributed by atoms with Crippen molar-refractivity contribution in [3.05, 3.63) is 93.5 Å². The number of benzene rings is 3. The van der Waals surface area contributed by atoms with Crippen molar-refractivity contribution >= 4 is 23.2 Å². The largest absolute Gasteiger partial charge is 0.478 e. The summed E-state index contributed by atoms with van der Waals surface area (Å²) in [6, 6.07) is 19.7. The lowest BCUT2D eigenvalue weighted by molar-refractivity contribution is -0.135. The fourth-order valence-corrected chi connectivity index (χ4v) is 3.94. The molecule has 0 bridgehead atoms. The van der Waals surface area contributed by atoms with E-state index in [-0.39, 0.29) is 11.9 Å². The van der Waals surface area contributed by atoms with E-state index in [1.807, 2.05) is 30.0 Å². The van der Waals surface area contributed by atoms with Crippen LogP contribution in [0, 0.1) is 27.7 Å². The molecule has 2 atom stereocenters. The number of rotatable bonds is 4. The van der Waals surface area contributed by atoms with Gasteiger partial charge in [0.1, 0.15) is 11.8 Å². The minimum atomic E-state index is -0.570. The fourth-order valence-electron chi connectivity index (χ4n) is 3.71. The number of β-lactam (4-membered cyclic amide) rings is 1. The minimum Gasteiger partial charge on any atom is -0.478 e. The third-order valence-electron chi connectivity index (χ3n) is 5.62. The quantitative estimate of drug-likeness (QED) is 0.490. The lowest BCUT2D eigenvalue weighted by Gasteiger charge is -2.47. The molecule has 1 heterocycles. The van der Waals surface area contributed by atoms with Crippen LogP contribution in [0.4, 0.5) is 5.69 Å². The molecule has 0 N–H and O–H groups in total. The third-order valence-corrected chi connectivity index (χ3v) is 5.86. The number of hydrogen-bond acceptors (Lipinski definition) is 2. The molecule has 3 nitrogen and oxygen atoms in total. The van der Waals surface area contributed by atoms with Gasteiger partial charge < -0.3 is 4.74 Å². The second-order valence-corrected chi connectivity index (χ2v) is 8.22. The molecule has 3 aromatic rings. The van der Waals surface area contributed by atoms with Crippen molar-refractivity contribution in [2.24, 2.45) is 0 Å². The molecular weight excluding hydrogens is 382 g/mol. The Balaban J connectivity index is 1.71. The second kappa shape index (κ2) is 7.57. The average Bonchev–Trinajstić information content (AvgIpc) is 2.68. The number of nitrogens with zero attached hydrogens (tertiary/aromatic N) is 1. The van der Waals surface area contributed by atoms with Crippen LogP contribution in [0.1, 0.15) is 33.9 Å². The number of ether oxygens (including phenoxy) is 1. The Hall–Kier alpha value is -2.78. The van der Waals surface area contributed by atoms with Gasteiger partial charge in [-0.05, 0) is 80.3 Å². The first-order valence-electron chi connectivity index (χ1n) is 9.75.